The van der Waals surface area contributed by atoms with Crippen LogP contribution < -0.4 is 5.56 Å². The van der Waals surface area contributed by atoms with Crippen LogP contribution in [0, 0.1) is 13.8 Å². The zero-order chi connectivity index (χ0) is 17.3. The fourth-order valence-electron chi connectivity index (χ4n) is 3.00. The van der Waals surface area contributed by atoms with Crippen molar-refractivity contribution in [2.75, 3.05) is 0 Å². The number of H-pyrrole nitrogens is 1. The minimum absolute atomic E-state index is 0.0733. The first-order valence-electron chi connectivity index (χ1n) is 8.37. The van der Waals surface area contributed by atoms with Gasteiger partial charge >= 0.3 is 0 Å². The molecule has 4 nitrogen and oxygen atoms in total. The van der Waals surface area contributed by atoms with E-state index in [0.29, 0.717) is 16.8 Å². The molecule has 0 radical (unpaired) electrons. The lowest BCUT2D eigenvalue weighted by atomic mass is 10.0. The van der Waals surface area contributed by atoms with Gasteiger partial charge in [0.2, 0.25) is 0 Å². The van der Waals surface area contributed by atoms with Crippen LogP contribution in [-0.2, 0) is 6.42 Å². The summed E-state index contributed by atoms with van der Waals surface area (Å²) in [7, 11) is 0. The van der Waals surface area contributed by atoms with E-state index in [4.69, 9.17) is 0 Å². The molecule has 3 rings (SSSR count). The Hall–Kier alpha value is -2.62. The maximum atomic E-state index is 12.9. The maximum Gasteiger partial charge on any atom is 0.256 e. The molecule has 0 spiro atoms. The van der Waals surface area contributed by atoms with Gasteiger partial charge in [-0.2, -0.15) is 0 Å². The third-order valence-corrected chi connectivity index (χ3v) is 4.47. The fraction of sp³-hybridized carbons (Fsp3) is 0.300. The molecule has 0 aliphatic rings. The van der Waals surface area contributed by atoms with Crippen molar-refractivity contribution in [2.45, 2.75) is 40.0 Å². The zero-order valence-corrected chi connectivity index (χ0v) is 14.3. The number of imidazole rings is 1. The molecule has 0 amide bonds. The van der Waals surface area contributed by atoms with Crippen LogP contribution in [-0.4, -0.2) is 15.2 Å². The van der Waals surface area contributed by atoms with E-state index in [0.717, 1.165) is 36.2 Å². The Morgan fingerprint density at radius 3 is 2.46 bits per heavy atom. The summed E-state index contributed by atoms with van der Waals surface area (Å²) >= 11 is 0. The lowest BCUT2D eigenvalue weighted by Gasteiger charge is -2.04. The first-order valence-corrected chi connectivity index (χ1v) is 8.37. The molecule has 1 N–H and O–H groups in total. The van der Waals surface area contributed by atoms with Gasteiger partial charge in [-0.25, -0.2) is 0 Å². The Morgan fingerprint density at radius 2 is 1.79 bits per heavy atom. The second-order valence-corrected chi connectivity index (χ2v) is 6.26. The van der Waals surface area contributed by atoms with Crippen molar-refractivity contribution < 1.29 is 4.79 Å². The van der Waals surface area contributed by atoms with Gasteiger partial charge in [0.25, 0.3) is 5.56 Å². The predicted molar refractivity (Wildman–Crippen MR) is 96.0 cm³/mol. The van der Waals surface area contributed by atoms with E-state index in [-0.39, 0.29) is 11.3 Å². The number of aromatic nitrogens is 2. The fourth-order valence-corrected chi connectivity index (χ4v) is 3.00. The van der Waals surface area contributed by atoms with Gasteiger partial charge in [0.1, 0.15) is 5.65 Å². The van der Waals surface area contributed by atoms with E-state index in [2.05, 4.69) is 11.9 Å². The summed E-state index contributed by atoms with van der Waals surface area (Å²) in [6.07, 6.45) is 3.00. The largest absolute Gasteiger partial charge is 0.343 e. The Morgan fingerprint density at radius 1 is 1.08 bits per heavy atom. The number of hydrogen-bond donors (Lipinski definition) is 1. The number of pyridine rings is 1. The van der Waals surface area contributed by atoms with Crippen LogP contribution in [0.25, 0.3) is 5.65 Å². The van der Waals surface area contributed by atoms with E-state index >= 15 is 0 Å². The van der Waals surface area contributed by atoms with Gasteiger partial charge in [-0.15, -0.1) is 0 Å². The van der Waals surface area contributed by atoms with Crippen molar-refractivity contribution in [3.8, 4) is 0 Å². The standard InChI is InChI=1S/C20H22N2O2/c1-4-5-6-17-14(3)22-18(23)12-11-16(20(22)21-17)19(24)15-9-7-13(2)8-10-15/h7-12,21H,4-6H2,1-3H3. The first-order chi connectivity index (χ1) is 11.5. The Balaban J connectivity index is 2.14. The van der Waals surface area contributed by atoms with Crippen molar-refractivity contribution in [3.63, 3.8) is 0 Å². The number of ketones is 1. The van der Waals surface area contributed by atoms with Crippen LogP contribution in [0.1, 0.15) is 52.6 Å². The van der Waals surface area contributed by atoms with Crippen LogP contribution >= 0.6 is 0 Å². The van der Waals surface area contributed by atoms with Gasteiger partial charge in [-0.1, -0.05) is 43.2 Å². The minimum atomic E-state index is -0.109. The van der Waals surface area contributed by atoms with Crippen LogP contribution in [0.4, 0.5) is 0 Å². The number of rotatable bonds is 5. The number of aromatic amines is 1. The summed E-state index contributed by atoms with van der Waals surface area (Å²) in [5.41, 5.74) is 4.67. The Kier molecular flexibility index (Phi) is 4.38. The van der Waals surface area contributed by atoms with E-state index in [1.54, 1.807) is 10.5 Å². The second kappa shape index (κ2) is 6.48. The molecule has 4 heteroatoms. The zero-order valence-electron chi connectivity index (χ0n) is 14.3. The lowest BCUT2D eigenvalue weighted by Crippen LogP contribution is -2.15. The molecule has 2 aromatic heterocycles. The molecule has 0 fully saturated rings. The molecule has 2 heterocycles. The molecule has 0 aliphatic heterocycles. The third kappa shape index (κ3) is 2.80. The van der Waals surface area contributed by atoms with Crippen molar-refractivity contribution in [1.82, 2.24) is 9.38 Å². The smallest absolute Gasteiger partial charge is 0.256 e. The maximum absolute atomic E-state index is 12.9. The van der Waals surface area contributed by atoms with Crippen LogP contribution in [0.15, 0.2) is 41.2 Å². The van der Waals surface area contributed by atoms with Gasteiger partial charge in [-0.3, -0.25) is 14.0 Å². The number of fused-ring (bicyclic) bond motifs is 1. The molecule has 24 heavy (non-hydrogen) atoms. The molecule has 0 aliphatic carbocycles. The molecule has 0 saturated carbocycles. The summed E-state index contributed by atoms with van der Waals surface area (Å²) in [4.78, 5) is 28.5. The van der Waals surface area contributed by atoms with Gasteiger partial charge in [-0.05, 0) is 32.8 Å². The molecule has 0 atom stereocenters. The molecule has 0 bridgehead atoms. The SMILES string of the molecule is CCCCc1[nH]c2c(C(=O)c3ccc(C)cc3)ccc(=O)n2c1C. The van der Waals surface area contributed by atoms with Crippen LogP contribution in [0.2, 0.25) is 0 Å². The molecule has 0 unspecified atom stereocenters. The third-order valence-electron chi connectivity index (χ3n) is 4.47. The summed E-state index contributed by atoms with van der Waals surface area (Å²) in [6.45, 7) is 6.05. The highest BCUT2D eigenvalue weighted by molar-refractivity contribution is 6.12. The Labute approximate surface area is 141 Å². The average molecular weight is 322 g/mol. The van der Waals surface area contributed by atoms with E-state index in [9.17, 15) is 9.59 Å². The van der Waals surface area contributed by atoms with Gasteiger partial charge in [0.05, 0.1) is 5.56 Å². The number of aryl methyl sites for hydroxylation is 3. The number of nitrogens with zero attached hydrogens (tertiary/aromatic N) is 1. The lowest BCUT2D eigenvalue weighted by molar-refractivity contribution is 0.104. The Bertz CT molecular complexity index is 946. The summed E-state index contributed by atoms with van der Waals surface area (Å²) in [6, 6.07) is 10.6. The predicted octanol–water partition coefficient (Wildman–Crippen LogP) is 3.82. The van der Waals surface area contributed by atoms with Crippen molar-refractivity contribution >= 4 is 11.4 Å². The highest BCUT2D eigenvalue weighted by Crippen LogP contribution is 2.19. The number of nitrogens with one attached hydrogen (secondary N) is 1. The normalized spacial score (nSPS) is 11.1. The molecule has 0 saturated heterocycles. The van der Waals surface area contributed by atoms with E-state index in [1.807, 2.05) is 38.1 Å². The molecular formula is C20H22N2O2. The number of unbranched alkanes of at least 4 members (excludes halogenated alkanes) is 1. The molecule has 1 aromatic carbocycles. The minimum Gasteiger partial charge on any atom is -0.343 e. The average Bonchev–Trinajstić information content (AvgIpc) is 2.91. The van der Waals surface area contributed by atoms with Crippen molar-refractivity contribution in [2.24, 2.45) is 0 Å². The topological polar surface area (TPSA) is 54.3 Å². The monoisotopic (exact) mass is 322 g/mol. The summed E-state index contributed by atoms with van der Waals surface area (Å²) in [5.74, 6) is -0.0733. The van der Waals surface area contributed by atoms with E-state index < -0.39 is 0 Å². The molecular weight excluding hydrogens is 300 g/mol. The van der Waals surface area contributed by atoms with Crippen molar-refractivity contribution in [1.29, 1.82) is 0 Å². The molecule has 3 aromatic rings. The summed E-state index contributed by atoms with van der Waals surface area (Å²) in [5, 5.41) is 0. The van der Waals surface area contributed by atoms with Gasteiger partial charge in [0, 0.05) is 23.0 Å². The van der Waals surface area contributed by atoms with Crippen molar-refractivity contribution in [3.05, 3.63) is 74.8 Å². The second-order valence-electron chi connectivity index (χ2n) is 6.26. The summed E-state index contributed by atoms with van der Waals surface area (Å²) < 4.78 is 1.62. The van der Waals surface area contributed by atoms with Crippen LogP contribution in [0.3, 0.4) is 0 Å². The number of carbonyl (C=O) groups excluding carboxylic acids is 1. The molecule has 124 valence electrons. The highest BCUT2D eigenvalue weighted by Gasteiger charge is 2.17. The quantitative estimate of drug-likeness (QED) is 0.726. The number of hydrogen-bond acceptors (Lipinski definition) is 2. The van der Waals surface area contributed by atoms with E-state index in [1.165, 1.54) is 6.07 Å². The van der Waals surface area contributed by atoms with Gasteiger partial charge in [0.15, 0.2) is 5.78 Å². The highest BCUT2D eigenvalue weighted by atomic mass is 16.1. The van der Waals surface area contributed by atoms with Gasteiger partial charge < -0.3 is 4.98 Å². The number of carbonyl (C=O) groups is 1. The number of benzene rings is 1. The first kappa shape index (κ1) is 16.2. The van der Waals surface area contributed by atoms with Crippen LogP contribution in [0.5, 0.6) is 0 Å².